The highest BCUT2D eigenvalue weighted by Gasteiger charge is 2.39. The Balaban J connectivity index is 1.47. The number of hydrogen-bond donors (Lipinski definition) is 0. The summed E-state index contributed by atoms with van der Waals surface area (Å²) in [5, 5.41) is 7.79. The molecule has 0 spiro atoms. The van der Waals surface area contributed by atoms with Gasteiger partial charge in [0, 0.05) is 17.3 Å². The predicted octanol–water partition coefficient (Wildman–Crippen LogP) is 6.49. The van der Waals surface area contributed by atoms with Crippen molar-refractivity contribution in [1.29, 1.82) is 0 Å². The van der Waals surface area contributed by atoms with Crippen molar-refractivity contribution in [2.75, 3.05) is 13.2 Å². The molecule has 196 valence electrons. The van der Waals surface area contributed by atoms with Crippen LogP contribution < -0.4 is 0 Å². The van der Waals surface area contributed by atoms with Crippen molar-refractivity contribution in [3.63, 3.8) is 0 Å². The van der Waals surface area contributed by atoms with E-state index in [1.165, 1.54) is 16.5 Å². The maximum Gasteiger partial charge on any atom is 0.359 e. The van der Waals surface area contributed by atoms with Gasteiger partial charge in [0.25, 0.3) is 0 Å². The summed E-state index contributed by atoms with van der Waals surface area (Å²) in [6.07, 6.45) is 11.2. The summed E-state index contributed by atoms with van der Waals surface area (Å²) >= 11 is 0. The van der Waals surface area contributed by atoms with Crippen LogP contribution in [0, 0.1) is 0 Å². The van der Waals surface area contributed by atoms with Crippen molar-refractivity contribution in [3.8, 4) is 0 Å². The second-order valence-corrected chi connectivity index (χ2v) is 10.0. The van der Waals surface area contributed by atoms with E-state index in [2.05, 4.69) is 48.2 Å². The number of carbonyl (C=O) groups is 1. The zero-order chi connectivity index (χ0) is 26.5. The number of ether oxygens (including phenoxy) is 2. The summed E-state index contributed by atoms with van der Waals surface area (Å²) in [6, 6.07) is 18.8. The molecule has 5 rings (SSSR count). The Morgan fingerprint density at radius 3 is 2.63 bits per heavy atom. The fraction of sp³-hybridized carbons (Fsp3) is 0.312. The summed E-state index contributed by atoms with van der Waals surface area (Å²) in [7, 11) is 0. The van der Waals surface area contributed by atoms with E-state index in [1.807, 2.05) is 47.6 Å². The predicted molar refractivity (Wildman–Crippen MR) is 152 cm³/mol. The normalized spacial score (nSPS) is 16.8. The van der Waals surface area contributed by atoms with Gasteiger partial charge >= 0.3 is 5.97 Å². The van der Waals surface area contributed by atoms with Crippen LogP contribution in [0.5, 0.6) is 0 Å². The van der Waals surface area contributed by atoms with Crippen LogP contribution >= 0.6 is 0 Å². The smallest absolute Gasteiger partial charge is 0.359 e. The second-order valence-electron chi connectivity index (χ2n) is 10.0. The first-order valence-corrected chi connectivity index (χ1v) is 13.3. The molecule has 0 atom stereocenters. The second kappa shape index (κ2) is 11.1. The molecule has 6 nitrogen and oxygen atoms in total. The third kappa shape index (κ3) is 5.17. The first-order chi connectivity index (χ1) is 18.5. The van der Waals surface area contributed by atoms with E-state index in [4.69, 9.17) is 14.6 Å². The molecule has 0 bridgehead atoms. The first kappa shape index (κ1) is 25.6. The molecule has 6 heteroatoms. The van der Waals surface area contributed by atoms with Crippen molar-refractivity contribution in [2.45, 2.75) is 51.2 Å². The summed E-state index contributed by atoms with van der Waals surface area (Å²) < 4.78 is 13.9. The molecule has 1 saturated carbocycles. The third-order valence-electron chi connectivity index (χ3n) is 7.42. The van der Waals surface area contributed by atoms with E-state index >= 15 is 0 Å². The van der Waals surface area contributed by atoms with Crippen LogP contribution in [0.25, 0.3) is 10.9 Å². The van der Waals surface area contributed by atoms with Crippen LogP contribution in [0.3, 0.4) is 0 Å². The summed E-state index contributed by atoms with van der Waals surface area (Å²) in [5.74, 6) is 0.0459. The van der Waals surface area contributed by atoms with Gasteiger partial charge in [0.1, 0.15) is 12.4 Å². The van der Waals surface area contributed by atoms with Gasteiger partial charge in [-0.3, -0.25) is 5.01 Å². The summed E-state index contributed by atoms with van der Waals surface area (Å²) in [5.41, 5.74) is 3.97. The van der Waals surface area contributed by atoms with Crippen LogP contribution in [0.4, 0.5) is 0 Å². The third-order valence-corrected chi connectivity index (χ3v) is 7.42. The Morgan fingerprint density at radius 2 is 1.89 bits per heavy atom. The molecule has 0 radical (unpaired) electrons. The van der Waals surface area contributed by atoms with Gasteiger partial charge in [-0.25, -0.2) is 4.79 Å². The lowest BCUT2D eigenvalue weighted by Gasteiger charge is -2.36. The van der Waals surface area contributed by atoms with Gasteiger partial charge in [-0.2, -0.15) is 5.10 Å². The quantitative estimate of drug-likeness (QED) is 0.232. The first-order valence-electron chi connectivity index (χ1n) is 13.3. The van der Waals surface area contributed by atoms with Gasteiger partial charge in [-0.1, -0.05) is 61.9 Å². The van der Waals surface area contributed by atoms with E-state index in [9.17, 15) is 4.79 Å². The minimum Gasteiger partial charge on any atom is -0.487 e. The Hall–Kier alpha value is -4.06. The van der Waals surface area contributed by atoms with Crippen molar-refractivity contribution in [2.24, 2.45) is 5.10 Å². The molecule has 38 heavy (non-hydrogen) atoms. The number of nitrogens with zero attached hydrogens (tertiary/aromatic N) is 3. The lowest BCUT2D eigenvalue weighted by Crippen LogP contribution is -2.41. The summed E-state index contributed by atoms with van der Waals surface area (Å²) in [6.45, 7) is 11.0. The van der Waals surface area contributed by atoms with Crippen LogP contribution in [-0.2, 0) is 32.8 Å². The molecular weight excluding hydrogens is 474 g/mol. The Labute approximate surface area is 224 Å². The fourth-order valence-electron chi connectivity index (χ4n) is 5.56. The average molecular weight is 510 g/mol. The molecule has 2 heterocycles. The van der Waals surface area contributed by atoms with E-state index in [0.29, 0.717) is 24.5 Å². The maximum atomic E-state index is 12.8. The van der Waals surface area contributed by atoms with Crippen molar-refractivity contribution >= 4 is 22.6 Å². The largest absolute Gasteiger partial charge is 0.487 e. The van der Waals surface area contributed by atoms with Gasteiger partial charge in [-0.15, -0.1) is 6.58 Å². The number of esters is 1. The molecule has 3 aromatic rings. The van der Waals surface area contributed by atoms with E-state index in [-0.39, 0.29) is 17.9 Å². The molecular formula is C32H35N3O3. The highest BCUT2D eigenvalue weighted by molar-refractivity contribution is 6.44. The van der Waals surface area contributed by atoms with E-state index in [1.54, 1.807) is 6.92 Å². The number of allylic oxidation sites excluding steroid dienone is 2. The highest BCUT2D eigenvalue weighted by Crippen LogP contribution is 2.41. The molecule has 0 amide bonds. The van der Waals surface area contributed by atoms with Crippen LogP contribution in [0.1, 0.15) is 43.7 Å². The maximum absolute atomic E-state index is 12.8. The minimum absolute atomic E-state index is 0.162. The number of benzene rings is 2. The minimum atomic E-state index is -0.488. The Morgan fingerprint density at radius 1 is 1.11 bits per heavy atom. The van der Waals surface area contributed by atoms with E-state index in [0.717, 1.165) is 37.7 Å². The monoisotopic (exact) mass is 509 g/mol. The molecule has 1 aliphatic heterocycles. The number of carbonyl (C=O) groups excluding carboxylic acids is 1. The molecule has 0 N–H and O–H groups in total. The molecule has 0 unspecified atom stereocenters. The van der Waals surface area contributed by atoms with Crippen LogP contribution in [0.15, 0.2) is 103 Å². The standard InChI is InChI=1S/C32H35N3O3/c1-4-11-25-14-15-28-27(20-25)16-19-35(28)32(17-9-10-18-32)23-34-21-29(38-22-26-12-7-6-8-13-26)24(3)30(33-34)31(36)37-5-2/h4,6-8,12-16,19-21H,1,3,5,9-11,17-18,22-23H2,2H3. The van der Waals surface area contributed by atoms with Crippen molar-refractivity contribution < 1.29 is 14.3 Å². The zero-order valence-electron chi connectivity index (χ0n) is 22.1. The molecule has 1 fully saturated rings. The lowest BCUT2D eigenvalue weighted by molar-refractivity contribution is -0.135. The number of fused-ring (bicyclic) bond motifs is 1. The molecule has 2 aliphatic rings. The lowest BCUT2D eigenvalue weighted by atomic mass is 9.96. The van der Waals surface area contributed by atoms with Gasteiger partial charge in [-0.05, 0) is 60.9 Å². The Kier molecular flexibility index (Phi) is 7.50. The Bertz CT molecular complexity index is 1390. The zero-order valence-corrected chi connectivity index (χ0v) is 22.1. The van der Waals surface area contributed by atoms with Gasteiger partial charge in [0.15, 0.2) is 5.71 Å². The fourth-order valence-corrected chi connectivity index (χ4v) is 5.56. The number of hydrogen-bond acceptors (Lipinski definition) is 5. The van der Waals surface area contributed by atoms with Gasteiger partial charge in [0.2, 0.25) is 0 Å². The van der Waals surface area contributed by atoms with E-state index < -0.39 is 5.97 Å². The SMILES string of the molecule is C=CCc1ccc2c(ccn2C2(CN3C=C(OCc4ccccc4)C(=C)C(C(=O)OCC)=N3)CCCC2)c1. The number of rotatable bonds is 10. The van der Waals surface area contributed by atoms with Crippen molar-refractivity contribution in [3.05, 3.63) is 109 Å². The number of hydrazone groups is 1. The van der Waals surface area contributed by atoms with Crippen molar-refractivity contribution in [1.82, 2.24) is 9.58 Å². The highest BCUT2D eigenvalue weighted by atomic mass is 16.5. The van der Waals surface area contributed by atoms with Crippen LogP contribution in [-0.4, -0.2) is 34.4 Å². The van der Waals surface area contributed by atoms with Gasteiger partial charge < -0.3 is 14.0 Å². The van der Waals surface area contributed by atoms with Gasteiger partial charge in [0.05, 0.1) is 24.9 Å². The molecule has 0 saturated heterocycles. The molecule has 1 aromatic heterocycles. The van der Waals surface area contributed by atoms with Crippen LogP contribution in [0.2, 0.25) is 0 Å². The topological polar surface area (TPSA) is 56.1 Å². The number of aromatic nitrogens is 1. The molecule has 2 aromatic carbocycles. The average Bonchev–Trinajstić information content (AvgIpc) is 3.57. The molecule has 1 aliphatic carbocycles. The summed E-state index contributed by atoms with van der Waals surface area (Å²) in [4.78, 5) is 12.8.